The molecule has 7 rings (SSSR count). The number of ether oxygens (including phenoxy) is 2. The van der Waals surface area contributed by atoms with Crippen LogP contribution in [0.1, 0.15) is 64.3 Å². The Morgan fingerprint density at radius 2 is 1.98 bits per heavy atom. The number of anilines is 1. The quantitative estimate of drug-likeness (QED) is 0.273. The first-order valence-electron chi connectivity index (χ1n) is 14.1. The van der Waals surface area contributed by atoms with Gasteiger partial charge in [-0.05, 0) is 49.0 Å². The van der Waals surface area contributed by atoms with E-state index < -0.39 is 24.5 Å². The van der Waals surface area contributed by atoms with Crippen LogP contribution in [-0.2, 0) is 14.9 Å². The summed E-state index contributed by atoms with van der Waals surface area (Å²) >= 11 is 0. The third kappa shape index (κ3) is 4.50. The van der Waals surface area contributed by atoms with Gasteiger partial charge in [0.1, 0.15) is 48.3 Å². The van der Waals surface area contributed by atoms with Crippen LogP contribution in [-0.4, -0.2) is 81.7 Å². The molecule has 1 aromatic carbocycles. The number of benzene rings is 1. The van der Waals surface area contributed by atoms with Crippen LogP contribution >= 0.6 is 0 Å². The third-order valence-corrected chi connectivity index (χ3v) is 8.69. The summed E-state index contributed by atoms with van der Waals surface area (Å²) in [5.74, 6) is 0.835. The van der Waals surface area contributed by atoms with Crippen molar-refractivity contribution in [2.45, 2.75) is 88.9 Å². The number of hydrogen-bond acceptors (Lipinski definition) is 10. The molecule has 0 bridgehead atoms. The Kier molecular flexibility index (Phi) is 6.18. The summed E-state index contributed by atoms with van der Waals surface area (Å²) < 4.78 is 14.3. The van der Waals surface area contributed by atoms with E-state index in [0.29, 0.717) is 23.5 Å². The molecule has 0 spiro atoms. The predicted molar refractivity (Wildman–Crippen MR) is 152 cm³/mol. The molecule has 0 radical (unpaired) electrons. The number of aliphatic hydroxyl groups excluding tert-OH is 2. The van der Waals surface area contributed by atoms with Crippen molar-refractivity contribution in [2.24, 2.45) is 0 Å². The Bertz CT molecular complexity index is 1630. The van der Waals surface area contributed by atoms with Gasteiger partial charge in [-0.1, -0.05) is 32.4 Å². The summed E-state index contributed by atoms with van der Waals surface area (Å²) in [5.41, 5.74) is 11.1. The zero-order chi connectivity index (χ0) is 28.6. The Hall–Kier alpha value is -3.42. The molecule has 5 heterocycles. The number of nitrogens with two attached hydrogens (primary N) is 1. The van der Waals surface area contributed by atoms with E-state index in [1.165, 1.54) is 17.5 Å². The highest BCUT2D eigenvalue weighted by Crippen LogP contribution is 2.41. The number of fused-ring (bicyclic) bond motifs is 3. The molecule has 3 fully saturated rings. The number of aromatic amines is 1. The second-order valence-electron chi connectivity index (χ2n) is 12.5. The molecular weight excluding hydrogens is 524 g/mol. The maximum atomic E-state index is 11.1. The average molecular weight is 561 g/mol. The maximum Gasteiger partial charge on any atom is 0.167 e. The lowest BCUT2D eigenvalue weighted by Crippen LogP contribution is -2.58. The minimum absolute atomic E-state index is 0.0379. The lowest BCUT2D eigenvalue weighted by Gasteiger charge is -2.47. The highest BCUT2D eigenvalue weighted by atomic mass is 16.6. The SMILES string of the molecule is CC1O[C@H]2[C@@H](O)[C@H](n3cnc4c(N)ncnc43)O[C@@H]2CN1C1CC(=CC(O)c2nc3ccc(C(C)(C)C)cc3[nH]2)C1. The van der Waals surface area contributed by atoms with Gasteiger partial charge in [-0.2, -0.15) is 0 Å². The molecule has 6 atom stereocenters. The van der Waals surface area contributed by atoms with E-state index in [2.05, 4.69) is 62.7 Å². The van der Waals surface area contributed by atoms with Crippen LogP contribution in [0.3, 0.4) is 0 Å². The van der Waals surface area contributed by atoms with E-state index >= 15 is 0 Å². The first kappa shape index (κ1) is 26.5. The Balaban J connectivity index is 1.01. The van der Waals surface area contributed by atoms with Gasteiger partial charge in [0, 0.05) is 12.6 Å². The van der Waals surface area contributed by atoms with Gasteiger partial charge in [-0.15, -0.1) is 0 Å². The fourth-order valence-electron chi connectivity index (χ4n) is 6.28. The summed E-state index contributed by atoms with van der Waals surface area (Å²) in [6.07, 6.45) is 3.17. The lowest BCUT2D eigenvalue weighted by molar-refractivity contribution is -0.191. The standard InChI is InChI=1S/C29H36N8O4/c1-14-36(11-21-24(40-14)23(39)28(41-21)37-13-33-22-25(30)31-12-32-27(22)37)17-7-15(8-17)9-20(38)26-34-18-6-5-16(29(2,3)4)10-19(18)35-26/h5-6,9-10,12-14,17,20-21,23-24,28,38-39H,7-8,11H2,1-4H3,(H,34,35)(H2,30,31,32)/t14?,17?,20?,21-,23-,24-,28-/m1/s1. The molecule has 1 aliphatic carbocycles. The number of aromatic nitrogens is 6. The number of nitrogens with zero attached hydrogens (tertiary/aromatic N) is 6. The van der Waals surface area contributed by atoms with Crippen LogP contribution in [0.5, 0.6) is 0 Å². The summed E-state index contributed by atoms with van der Waals surface area (Å²) in [6, 6.07) is 6.47. The summed E-state index contributed by atoms with van der Waals surface area (Å²) in [4.78, 5) is 22.8. The van der Waals surface area contributed by atoms with E-state index in [9.17, 15) is 10.2 Å². The van der Waals surface area contributed by atoms with Gasteiger partial charge in [-0.25, -0.2) is 19.9 Å². The predicted octanol–water partition coefficient (Wildman–Crippen LogP) is 2.71. The minimum atomic E-state index is -0.881. The van der Waals surface area contributed by atoms with E-state index in [1.807, 2.05) is 19.1 Å². The van der Waals surface area contributed by atoms with Crippen LogP contribution in [0.2, 0.25) is 0 Å². The fourth-order valence-corrected chi connectivity index (χ4v) is 6.28. The van der Waals surface area contributed by atoms with Crippen molar-refractivity contribution in [2.75, 3.05) is 12.3 Å². The molecule has 5 N–H and O–H groups in total. The monoisotopic (exact) mass is 560 g/mol. The fraction of sp³-hybridized carbons (Fsp3) is 0.517. The summed E-state index contributed by atoms with van der Waals surface area (Å²) in [6.45, 7) is 9.17. The molecule has 4 aromatic rings. The number of H-pyrrole nitrogens is 1. The van der Waals surface area contributed by atoms with Crippen molar-refractivity contribution in [1.82, 2.24) is 34.4 Å². The molecule has 0 amide bonds. The zero-order valence-corrected chi connectivity index (χ0v) is 23.6. The number of nitrogen functional groups attached to an aromatic ring is 1. The molecule has 1 saturated carbocycles. The molecule has 41 heavy (non-hydrogen) atoms. The van der Waals surface area contributed by atoms with Crippen LogP contribution in [0.25, 0.3) is 22.2 Å². The van der Waals surface area contributed by atoms with Gasteiger partial charge in [0.05, 0.1) is 17.4 Å². The highest BCUT2D eigenvalue weighted by molar-refractivity contribution is 5.81. The smallest absolute Gasteiger partial charge is 0.167 e. The number of imidazole rings is 2. The van der Waals surface area contributed by atoms with Gasteiger partial charge in [0.2, 0.25) is 0 Å². The normalized spacial score (nSPS) is 29.6. The van der Waals surface area contributed by atoms with Crippen molar-refractivity contribution >= 4 is 28.0 Å². The third-order valence-electron chi connectivity index (χ3n) is 8.69. The molecule has 2 aliphatic heterocycles. The second-order valence-corrected chi connectivity index (χ2v) is 12.5. The van der Waals surface area contributed by atoms with Gasteiger partial charge in [0.15, 0.2) is 17.7 Å². The largest absolute Gasteiger partial charge is 0.386 e. The first-order chi connectivity index (χ1) is 19.6. The minimum Gasteiger partial charge on any atom is -0.386 e. The first-order valence-corrected chi connectivity index (χ1v) is 14.1. The number of rotatable bonds is 4. The maximum absolute atomic E-state index is 11.1. The van der Waals surface area contributed by atoms with E-state index in [-0.39, 0.29) is 29.6 Å². The van der Waals surface area contributed by atoms with Crippen LogP contribution in [0, 0.1) is 0 Å². The number of nitrogens with one attached hydrogen (secondary N) is 1. The van der Waals surface area contributed by atoms with Crippen molar-refractivity contribution < 1.29 is 19.7 Å². The Morgan fingerprint density at radius 1 is 1.17 bits per heavy atom. The molecule has 3 aliphatic rings. The van der Waals surface area contributed by atoms with Gasteiger partial charge in [0.25, 0.3) is 0 Å². The van der Waals surface area contributed by atoms with Crippen molar-refractivity contribution in [3.8, 4) is 0 Å². The average Bonchev–Trinajstić information content (AvgIpc) is 3.61. The molecule has 12 nitrogen and oxygen atoms in total. The van der Waals surface area contributed by atoms with Crippen LogP contribution in [0.4, 0.5) is 5.82 Å². The van der Waals surface area contributed by atoms with E-state index in [4.69, 9.17) is 15.2 Å². The molecule has 216 valence electrons. The molecule has 2 unspecified atom stereocenters. The lowest BCUT2D eigenvalue weighted by atomic mass is 9.83. The van der Waals surface area contributed by atoms with Gasteiger partial charge >= 0.3 is 0 Å². The molecule has 2 saturated heterocycles. The van der Waals surface area contributed by atoms with Crippen LogP contribution < -0.4 is 5.73 Å². The van der Waals surface area contributed by atoms with Crippen molar-refractivity contribution in [3.63, 3.8) is 0 Å². The summed E-state index contributed by atoms with van der Waals surface area (Å²) in [7, 11) is 0. The van der Waals surface area contributed by atoms with Crippen LogP contribution in [0.15, 0.2) is 42.5 Å². The highest BCUT2D eigenvalue weighted by Gasteiger charge is 2.52. The molecule has 3 aromatic heterocycles. The van der Waals surface area contributed by atoms with Gasteiger partial charge in [-0.3, -0.25) is 9.47 Å². The topological polar surface area (TPSA) is 160 Å². The van der Waals surface area contributed by atoms with Crippen molar-refractivity contribution in [3.05, 3.63) is 53.9 Å². The van der Waals surface area contributed by atoms with Gasteiger partial charge < -0.3 is 30.4 Å². The Morgan fingerprint density at radius 3 is 2.76 bits per heavy atom. The molecule has 12 heteroatoms. The second kappa shape index (κ2) is 9.57. The number of aliphatic hydroxyl groups is 2. The van der Waals surface area contributed by atoms with Crippen molar-refractivity contribution in [1.29, 1.82) is 0 Å². The van der Waals surface area contributed by atoms with E-state index in [0.717, 1.165) is 23.9 Å². The summed E-state index contributed by atoms with van der Waals surface area (Å²) in [5, 5.41) is 22.0. The number of hydrogen-bond donors (Lipinski definition) is 4. The van der Waals surface area contributed by atoms with E-state index in [1.54, 1.807) is 10.9 Å². The zero-order valence-electron chi connectivity index (χ0n) is 23.6. The molecular formula is C29H36N8O4. The Labute approximate surface area is 237 Å².